The molecule has 1 amide bonds. The van der Waals surface area contributed by atoms with Gasteiger partial charge in [-0.05, 0) is 54.7 Å². The lowest BCUT2D eigenvalue weighted by atomic mass is 10.1. The first-order valence-corrected chi connectivity index (χ1v) is 12.7. The highest BCUT2D eigenvalue weighted by Crippen LogP contribution is 2.40. The third-order valence-electron chi connectivity index (χ3n) is 5.49. The molecule has 1 aliphatic rings. The average molecular weight is 477 g/mol. The Labute approximate surface area is 200 Å². The fourth-order valence-corrected chi connectivity index (χ4v) is 6.00. The van der Waals surface area contributed by atoms with Crippen molar-refractivity contribution in [2.45, 2.75) is 36.5 Å². The molecular weight excluding hydrogens is 452 g/mol. The maximum atomic E-state index is 10.9. The van der Waals surface area contributed by atoms with E-state index in [4.69, 9.17) is 20.4 Å². The molecule has 2 heterocycles. The third kappa shape index (κ3) is 5.12. The zero-order valence-corrected chi connectivity index (χ0v) is 19.7. The van der Waals surface area contributed by atoms with Crippen LogP contribution in [0.4, 0.5) is 5.82 Å². The smallest absolute Gasteiger partial charge is 0.255 e. The third-order valence-corrected chi connectivity index (χ3v) is 7.68. The number of primary amides is 1. The molecule has 1 aliphatic carbocycles. The van der Waals surface area contributed by atoms with Crippen LogP contribution in [0.15, 0.2) is 59.5 Å². The molecule has 168 valence electrons. The Morgan fingerprint density at radius 3 is 2.70 bits per heavy atom. The monoisotopic (exact) mass is 476 g/mol. The first-order chi connectivity index (χ1) is 16.2. The number of benzene rings is 2. The Hall–Kier alpha value is -3.10. The van der Waals surface area contributed by atoms with Gasteiger partial charge in [0.15, 0.2) is 6.61 Å². The number of aryl methyl sites for hydroxylation is 2. The number of amides is 1. The number of nitrogens with zero attached hydrogens (tertiary/aromatic N) is 2. The summed E-state index contributed by atoms with van der Waals surface area (Å²) < 4.78 is 5.35. The molecule has 5 rings (SSSR count). The highest BCUT2D eigenvalue weighted by molar-refractivity contribution is 7.98. The van der Waals surface area contributed by atoms with E-state index in [2.05, 4.69) is 17.4 Å². The van der Waals surface area contributed by atoms with Crippen molar-refractivity contribution < 1.29 is 9.53 Å². The second kappa shape index (κ2) is 9.80. The molecule has 0 unspecified atom stereocenters. The number of hydrogen-bond acceptors (Lipinski definition) is 7. The van der Waals surface area contributed by atoms with Gasteiger partial charge < -0.3 is 15.8 Å². The Bertz CT molecular complexity index is 1270. The summed E-state index contributed by atoms with van der Waals surface area (Å²) >= 11 is 3.56. The highest BCUT2D eigenvalue weighted by Gasteiger charge is 2.22. The predicted octanol–water partition coefficient (Wildman–Crippen LogP) is 4.95. The van der Waals surface area contributed by atoms with Gasteiger partial charge in [0.2, 0.25) is 0 Å². The first kappa shape index (κ1) is 21.7. The van der Waals surface area contributed by atoms with Gasteiger partial charge in [-0.25, -0.2) is 9.97 Å². The van der Waals surface area contributed by atoms with Gasteiger partial charge in [0.05, 0.1) is 11.1 Å². The Morgan fingerprint density at radius 1 is 1.09 bits per heavy atom. The number of nitrogens with two attached hydrogens (primary N) is 1. The molecule has 33 heavy (non-hydrogen) atoms. The molecule has 0 spiro atoms. The summed E-state index contributed by atoms with van der Waals surface area (Å²) in [5.41, 5.74) is 7.65. The van der Waals surface area contributed by atoms with Gasteiger partial charge in [-0.2, -0.15) is 0 Å². The molecular formula is C25H24N4O2S2. The summed E-state index contributed by atoms with van der Waals surface area (Å²) in [5, 5.41) is 4.74. The van der Waals surface area contributed by atoms with E-state index >= 15 is 0 Å². The number of aromatic nitrogens is 2. The number of carbonyl (C=O) groups excluding carboxylic acids is 1. The van der Waals surface area contributed by atoms with Crippen molar-refractivity contribution in [1.82, 2.24) is 9.97 Å². The van der Waals surface area contributed by atoms with E-state index in [9.17, 15) is 4.79 Å². The molecule has 6 nitrogen and oxygen atoms in total. The Kier molecular flexibility index (Phi) is 6.46. The van der Waals surface area contributed by atoms with Gasteiger partial charge in [-0.1, -0.05) is 30.3 Å². The maximum Gasteiger partial charge on any atom is 0.255 e. The molecule has 0 bridgehead atoms. The second-order valence-corrected chi connectivity index (χ2v) is 10.0. The molecule has 2 aromatic heterocycles. The number of nitrogens with one attached hydrogen (secondary N) is 1. The van der Waals surface area contributed by atoms with Crippen molar-refractivity contribution in [1.29, 1.82) is 0 Å². The molecule has 0 atom stereocenters. The van der Waals surface area contributed by atoms with E-state index < -0.39 is 5.91 Å². The molecule has 2 aromatic carbocycles. The van der Waals surface area contributed by atoms with Crippen LogP contribution in [-0.4, -0.2) is 22.5 Å². The molecule has 8 heteroatoms. The minimum Gasteiger partial charge on any atom is -0.484 e. The lowest BCUT2D eigenvalue weighted by Gasteiger charge is -2.11. The number of thioether (sulfide) groups is 1. The van der Waals surface area contributed by atoms with E-state index in [0.29, 0.717) is 12.3 Å². The van der Waals surface area contributed by atoms with Crippen molar-refractivity contribution in [2.75, 3.05) is 11.9 Å². The van der Waals surface area contributed by atoms with Crippen LogP contribution < -0.4 is 15.8 Å². The van der Waals surface area contributed by atoms with E-state index in [1.165, 1.54) is 27.1 Å². The maximum absolute atomic E-state index is 10.9. The Balaban J connectivity index is 1.36. The summed E-state index contributed by atoms with van der Waals surface area (Å²) in [4.78, 5) is 24.5. The SMILES string of the molecule is NC(=O)COc1ccc(CNc2nc(CSc3ccccc3)nc3sc4c(c23)CCC4)cc1. The lowest BCUT2D eigenvalue weighted by molar-refractivity contribution is -0.119. The van der Waals surface area contributed by atoms with Crippen molar-refractivity contribution in [2.24, 2.45) is 5.73 Å². The quantitative estimate of drug-likeness (QED) is 0.332. The fourth-order valence-electron chi connectivity index (χ4n) is 3.94. The van der Waals surface area contributed by atoms with Crippen LogP contribution in [0, 0.1) is 0 Å². The van der Waals surface area contributed by atoms with E-state index in [0.717, 1.165) is 40.6 Å². The fraction of sp³-hybridized carbons (Fsp3) is 0.240. The number of hydrogen-bond donors (Lipinski definition) is 2. The Morgan fingerprint density at radius 2 is 1.91 bits per heavy atom. The summed E-state index contributed by atoms with van der Waals surface area (Å²) in [6.45, 7) is 0.516. The molecule has 0 fully saturated rings. The van der Waals surface area contributed by atoms with Gasteiger partial charge in [-0.15, -0.1) is 23.1 Å². The van der Waals surface area contributed by atoms with Crippen molar-refractivity contribution in [3.05, 3.63) is 76.4 Å². The van der Waals surface area contributed by atoms with E-state index in [1.807, 2.05) is 53.8 Å². The van der Waals surface area contributed by atoms with Crippen LogP contribution in [0.1, 0.15) is 28.2 Å². The molecule has 0 saturated carbocycles. The van der Waals surface area contributed by atoms with Crippen LogP contribution in [0.2, 0.25) is 0 Å². The zero-order valence-electron chi connectivity index (χ0n) is 18.0. The van der Waals surface area contributed by atoms with Crippen LogP contribution in [-0.2, 0) is 29.9 Å². The number of anilines is 1. The van der Waals surface area contributed by atoms with Gasteiger partial charge in [-0.3, -0.25) is 4.79 Å². The molecule has 0 radical (unpaired) electrons. The number of rotatable bonds is 9. The van der Waals surface area contributed by atoms with Crippen molar-refractivity contribution >= 4 is 45.0 Å². The number of thiophene rings is 1. The van der Waals surface area contributed by atoms with Crippen LogP contribution in [0.3, 0.4) is 0 Å². The van der Waals surface area contributed by atoms with Gasteiger partial charge in [0.25, 0.3) is 5.91 Å². The zero-order chi connectivity index (χ0) is 22.6. The second-order valence-electron chi connectivity index (χ2n) is 7.88. The van der Waals surface area contributed by atoms with Crippen LogP contribution in [0.25, 0.3) is 10.2 Å². The van der Waals surface area contributed by atoms with Crippen LogP contribution >= 0.6 is 23.1 Å². The van der Waals surface area contributed by atoms with Gasteiger partial charge >= 0.3 is 0 Å². The van der Waals surface area contributed by atoms with Gasteiger partial charge in [0.1, 0.15) is 22.2 Å². The largest absolute Gasteiger partial charge is 0.484 e. The summed E-state index contributed by atoms with van der Waals surface area (Å²) in [6.07, 6.45) is 3.43. The minimum absolute atomic E-state index is 0.121. The number of ether oxygens (including phenoxy) is 1. The summed E-state index contributed by atoms with van der Waals surface area (Å²) in [6, 6.07) is 18.0. The normalized spacial score (nSPS) is 12.6. The highest BCUT2D eigenvalue weighted by atomic mass is 32.2. The lowest BCUT2D eigenvalue weighted by Crippen LogP contribution is -2.19. The summed E-state index contributed by atoms with van der Waals surface area (Å²) in [5.74, 6) is 2.62. The number of fused-ring (bicyclic) bond motifs is 3. The van der Waals surface area contributed by atoms with Crippen LogP contribution in [0.5, 0.6) is 5.75 Å². The standard InChI is InChI=1S/C25H24N4O2S2/c26-21(30)14-31-17-11-9-16(10-12-17)13-27-24-23-19-7-4-8-20(19)33-25(23)29-22(28-24)15-32-18-5-2-1-3-6-18/h1-3,5-6,9-12H,4,7-8,13-15H2,(H2,26,30)(H,27,28,29). The predicted molar refractivity (Wildman–Crippen MR) is 134 cm³/mol. The summed E-state index contributed by atoms with van der Waals surface area (Å²) in [7, 11) is 0. The minimum atomic E-state index is -0.488. The van der Waals surface area contributed by atoms with E-state index in [1.54, 1.807) is 11.8 Å². The molecule has 0 aliphatic heterocycles. The first-order valence-electron chi connectivity index (χ1n) is 10.9. The van der Waals surface area contributed by atoms with Crippen molar-refractivity contribution in [3.8, 4) is 5.75 Å². The molecule has 0 saturated heterocycles. The van der Waals surface area contributed by atoms with E-state index in [-0.39, 0.29) is 6.61 Å². The molecule has 3 N–H and O–H groups in total. The topological polar surface area (TPSA) is 90.1 Å². The van der Waals surface area contributed by atoms with Crippen molar-refractivity contribution in [3.63, 3.8) is 0 Å². The average Bonchev–Trinajstić information content (AvgIpc) is 3.42. The molecule has 4 aromatic rings. The number of carbonyl (C=O) groups is 1. The van der Waals surface area contributed by atoms with Gasteiger partial charge in [0, 0.05) is 16.3 Å².